The topological polar surface area (TPSA) is 60.7 Å². The SMILES string of the molecule is CSCCCCCCNC(C)c1ccc2[nH]c(=O)[nH]c2c1. The number of hydrogen-bond donors (Lipinski definition) is 3. The average Bonchev–Trinajstić information content (AvgIpc) is 2.85. The molecule has 1 unspecified atom stereocenters. The maximum absolute atomic E-state index is 11.3. The van der Waals surface area contributed by atoms with Crippen LogP contribution in [-0.4, -0.2) is 28.5 Å². The van der Waals surface area contributed by atoms with Crippen LogP contribution in [-0.2, 0) is 0 Å². The number of unbranched alkanes of at least 4 members (excludes halogenated alkanes) is 3. The molecule has 0 saturated carbocycles. The highest BCUT2D eigenvalue weighted by Gasteiger charge is 2.06. The first-order valence-corrected chi connectivity index (χ1v) is 9.04. The highest BCUT2D eigenvalue weighted by atomic mass is 32.2. The lowest BCUT2D eigenvalue weighted by Gasteiger charge is -2.14. The molecule has 2 rings (SSSR count). The van der Waals surface area contributed by atoms with Crippen molar-refractivity contribution in [1.29, 1.82) is 0 Å². The number of aromatic nitrogens is 2. The molecular formula is C16H25N3OS. The molecule has 0 aliphatic rings. The Hall–Kier alpha value is -1.20. The molecule has 4 nitrogen and oxygen atoms in total. The van der Waals surface area contributed by atoms with E-state index in [1.54, 1.807) is 0 Å². The lowest BCUT2D eigenvalue weighted by molar-refractivity contribution is 0.537. The molecule has 0 radical (unpaired) electrons. The number of fused-ring (bicyclic) bond motifs is 1. The Morgan fingerprint density at radius 1 is 1.14 bits per heavy atom. The normalized spacial score (nSPS) is 12.9. The minimum Gasteiger partial charge on any atom is -0.310 e. The lowest BCUT2D eigenvalue weighted by atomic mass is 10.1. The molecule has 0 aliphatic carbocycles. The second-order valence-corrected chi connectivity index (χ2v) is 6.45. The number of nitrogens with one attached hydrogen (secondary N) is 3. The van der Waals surface area contributed by atoms with E-state index >= 15 is 0 Å². The van der Waals surface area contributed by atoms with Gasteiger partial charge in [-0.2, -0.15) is 11.8 Å². The van der Waals surface area contributed by atoms with Crippen LogP contribution in [0.15, 0.2) is 23.0 Å². The molecule has 0 aliphatic heterocycles. The molecule has 0 bridgehead atoms. The number of rotatable bonds is 9. The predicted molar refractivity (Wildman–Crippen MR) is 92.2 cm³/mol. The van der Waals surface area contributed by atoms with Gasteiger partial charge in [0.2, 0.25) is 0 Å². The van der Waals surface area contributed by atoms with E-state index in [-0.39, 0.29) is 5.69 Å². The zero-order valence-electron chi connectivity index (χ0n) is 12.9. The van der Waals surface area contributed by atoms with Gasteiger partial charge in [-0.05, 0) is 56.0 Å². The van der Waals surface area contributed by atoms with Gasteiger partial charge in [-0.15, -0.1) is 0 Å². The van der Waals surface area contributed by atoms with Crippen molar-refractivity contribution < 1.29 is 0 Å². The fourth-order valence-corrected chi connectivity index (χ4v) is 2.97. The smallest absolute Gasteiger partial charge is 0.310 e. The molecule has 2 aromatic rings. The summed E-state index contributed by atoms with van der Waals surface area (Å²) in [6.07, 6.45) is 7.34. The van der Waals surface area contributed by atoms with Crippen LogP contribution in [0.3, 0.4) is 0 Å². The molecular weight excluding hydrogens is 282 g/mol. The highest BCUT2D eigenvalue weighted by molar-refractivity contribution is 7.98. The molecule has 116 valence electrons. The van der Waals surface area contributed by atoms with E-state index in [4.69, 9.17) is 0 Å². The Balaban J connectivity index is 1.76. The summed E-state index contributed by atoms with van der Waals surface area (Å²) in [7, 11) is 0. The predicted octanol–water partition coefficient (Wildman–Crippen LogP) is 3.43. The van der Waals surface area contributed by atoms with Crippen LogP contribution in [0.5, 0.6) is 0 Å². The standard InChI is InChI=1S/C16H25N3OS/c1-12(17-9-5-3-4-6-10-21-2)13-7-8-14-15(11-13)19-16(20)18-14/h7-8,11-12,17H,3-6,9-10H2,1-2H3,(H2,18,19,20). The van der Waals surface area contributed by atoms with E-state index in [1.165, 1.54) is 37.0 Å². The Morgan fingerprint density at radius 3 is 2.71 bits per heavy atom. The second kappa shape index (κ2) is 8.29. The van der Waals surface area contributed by atoms with Crippen LogP contribution in [0.2, 0.25) is 0 Å². The third-order valence-corrected chi connectivity index (χ3v) is 4.46. The van der Waals surface area contributed by atoms with Gasteiger partial charge in [0.1, 0.15) is 0 Å². The zero-order valence-corrected chi connectivity index (χ0v) is 13.7. The summed E-state index contributed by atoms with van der Waals surface area (Å²) in [4.78, 5) is 16.8. The summed E-state index contributed by atoms with van der Waals surface area (Å²) in [5.41, 5.74) is 2.81. The summed E-state index contributed by atoms with van der Waals surface area (Å²) >= 11 is 1.93. The summed E-state index contributed by atoms with van der Waals surface area (Å²) in [6.45, 7) is 3.21. The molecule has 0 saturated heterocycles. The van der Waals surface area contributed by atoms with Gasteiger partial charge in [-0.25, -0.2) is 4.79 Å². The molecule has 0 fully saturated rings. The van der Waals surface area contributed by atoms with E-state index < -0.39 is 0 Å². The molecule has 0 spiro atoms. The van der Waals surface area contributed by atoms with Crippen molar-refractivity contribution >= 4 is 22.8 Å². The molecule has 1 atom stereocenters. The lowest BCUT2D eigenvalue weighted by Crippen LogP contribution is -2.19. The average molecular weight is 307 g/mol. The number of aromatic amines is 2. The Labute approximate surface area is 130 Å². The molecule has 0 amide bonds. The number of benzene rings is 1. The van der Waals surface area contributed by atoms with Crippen LogP contribution in [0.4, 0.5) is 0 Å². The highest BCUT2D eigenvalue weighted by Crippen LogP contribution is 2.17. The van der Waals surface area contributed by atoms with E-state index in [0.29, 0.717) is 6.04 Å². The van der Waals surface area contributed by atoms with Gasteiger partial charge in [0.25, 0.3) is 0 Å². The monoisotopic (exact) mass is 307 g/mol. The van der Waals surface area contributed by atoms with Gasteiger partial charge < -0.3 is 15.3 Å². The number of imidazole rings is 1. The number of thioether (sulfide) groups is 1. The van der Waals surface area contributed by atoms with Crippen molar-refractivity contribution in [2.75, 3.05) is 18.6 Å². The van der Waals surface area contributed by atoms with E-state index in [9.17, 15) is 4.79 Å². The van der Waals surface area contributed by atoms with Crippen molar-refractivity contribution in [3.05, 3.63) is 34.2 Å². The minimum atomic E-state index is -0.145. The van der Waals surface area contributed by atoms with Gasteiger partial charge >= 0.3 is 5.69 Å². The first kappa shape index (κ1) is 16.2. The Kier molecular flexibility index (Phi) is 6.39. The van der Waals surface area contributed by atoms with Crippen molar-refractivity contribution in [2.24, 2.45) is 0 Å². The molecule has 1 aromatic heterocycles. The van der Waals surface area contributed by atoms with Crippen molar-refractivity contribution in [2.45, 2.75) is 38.6 Å². The van der Waals surface area contributed by atoms with Crippen LogP contribution in [0.1, 0.15) is 44.2 Å². The molecule has 5 heteroatoms. The van der Waals surface area contributed by atoms with E-state index in [0.717, 1.165) is 17.6 Å². The second-order valence-electron chi connectivity index (χ2n) is 5.47. The fraction of sp³-hybridized carbons (Fsp3) is 0.562. The van der Waals surface area contributed by atoms with E-state index in [2.05, 4.69) is 34.5 Å². The largest absolute Gasteiger partial charge is 0.323 e. The summed E-state index contributed by atoms with van der Waals surface area (Å²) < 4.78 is 0. The van der Waals surface area contributed by atoms with Gasteiger partial charge in [0.05, 0.1) is 11.0 Å². The number of H-pyrrole nitrogens is 2. The maximum atomic E-state index is 11.3. The van der Waals surface area contributed by atoms with Crippen LogP contribution in [0.25, 0.3) is 11.0 Å². The fourth-order valence-electron chi connectivity index (χ4n) is 2.48. The first-order valence-electron chi connectivity index (χ1n) is 7.65. The minimum absolute atomic E-state index is 0.145. The third-order valence-electron chi connectivity index (χ3n) is 3.77. The van der Waals surface area contributed by atoms with Gasteiger partial charge in [0.15, 0.2) is 0 Å². The molecule has 21 heavy (non-hydrogen) atoms. The van der Waals surface area contributed by atoms with Gasteiger partial charge in [-0.1, -0.05) is 18.9 Å². The first-order chi connectivity index (χ1) is 10.2. The van der Waals surface area contributed by atoms with Gasteiger partial charge in [0, 0.05) is 6.04 Å². The molecule has 3 N–H and O–H groups in total. The van der Waals surface area contributed by atoms with Crippen LogP contribution >= 0.6 is 11.8 Å². The van der Waals surface area contributed by atoms with Crippen molar-refractivity contribution in [1.82, 2.24) is 15.3 Å². The summed E-state index contributed by atoms with van der Waals surface area (Å²) in [5, 5.41) is 3.55. The Bertz CT molecular complexity index is 605. The summed E-state index contributed by atoms with van der Waals surface area (Å²) in [5.74, 6) is 1.28. The van der Waals surface area contributed by atoms with Crippen LogP contribution < -0.4 is 11.0 Å². The molecule has 1 aromatic carbocycles. The summed E-state index contributed by atoms with van der Waals surface area (Å²) in [6, 6.07) is 6.38. The van der Waals surface area contributed by atoms with Crippen molar-refractivity contribution in [3.8, 4) is 0 Å². The van der Waals surface area contributed by atoms with Gasteiger partial charge in [-0.3, -0.25) is 0 Å². The van der Waals surface area contributed by atoms with Crippen molar-refractivity contribution in [3.63, 3.8) is 0 Å². The van der Waals surface area contributed by atoms with Crippen LogP contribution in [0, 0.1) is 0 Å². The quantitative estimate of drug-likeness (QED) is 0.622. The third kappa shape index (κ3) is 4.93. The maximum Gasteiger partial charge on any atom is 0.323 e. The zero-order chi connectivity index (χ0) is 15.1. The molecule has 1 heterocycles. The number of hydrogen-bond acceptors (Lipinski definition) is 3. The Morgan fingerprint density at radius 2 is 1.90 bits per heavy atom. The van der Waals surface area contributed by atoms with E-state index in [1.807, 2.05) is 23.9 Å².